The molecule has 23 heavy (non-hydrogen) atoms. The van der Waals surface area contributed by atoms with Crippen molar-refractivity contribution in [2.45, 2.75) is 25.7 Å². The number of halogens is 1. The predicted octanol–water partition coefficient (Wildman–Crippen LogP) is 3.04. The van der Waals surface area contributed by atoms with Crippen molar-refractivity contribution in [2.75, 3.05) is 13.1 Å². The Labute approximate surface area is 135 Å². The van der Waals surface area contributed by atoms with Crippen molar-refractivity contribution in [1.29, 1.82) is 0 Å². The van der Waals surface area contributed by atoms with Gasteiger partial charge in [-0.3, -0.25) is 9.48 Å². The van der Waals surface area contributed by atoms with Crippen molar-refractivity contribution in [3.8, 4) is 0 Å². The van der Waals surface area contributed by atoms with Gasteiger partial charge in [0.2, 0.25) is 0 Å². The van der Waals surface area contributed by atoms with Crippen molar-refractivity contribution in [1.82, 2.24) is 14.7 Å². The lowest BCUT2D eigenvalue weighted by Gasteiger charge is -2.32. The van der Waals surface area contributed by atoms with E-state index in [1.807, 2.05) is 17.0 Å². The maximum absolute atomic E-state index is 13.7. The van der Waals surface area contributed by atoms with Gasteiger partial charge in [0.05, 0.1) is 0 Å². The van der Waals surface area contributed by atoms with Gasteiger partial charge in [-0.2, -0.15) is 5.10 Å². The number of rotatable bonds is 4. The first kappa shape index (κ1) is 15.7. The van der Waals surface area contributed by atoms with Crippen LogP contribution in [0.1, 0.15) is 35.3 Å². The molecule has 5 heteroatoms. The van der Waals surface area contributed by atoms with Crippen molar-refractivity contribution < 1.29 is 9.18 Å². The Morgan fingerprint density at radius 2 is 2.17 bits per heavy atom. The van der Waals surface area contributed by atoms with Crippen LogP contribution in [0, 0.1) is 11.7 Å². The molecule has 1 fully saturated rings. The van der Waals surface area contributed by atoms with Gasteiger partial charge in [0.25, 0.3) is 5.91 Å². The quantitative estimate of drug-likeness (QED) is 0.870. The van der Waals surface area contributed by atoms with E-state index >= 15 is 0 Å². The minimum atomic E-state index is -0.133. The number of likely N-dealkylation sites (tertiary alicyclic amines) is 1. The van der Waals surface area contributed by atoms with Crippen LogP contribution in [0.25, 0.3) is 0 Å². The number of aryl methyl sites for hydroxylation is 2. The minimum absolute atomic E-state index is 0.0422. The molecule has 0 N–H and O–H groups in total. The Morgan fingerprint density at radius 1 is 1.35 bits per heavy atom. The highest BCUT2D eigenvalue weighted by Gasteiger charge is 2.25. The van der Waals surface area contributed by atoms with Crippen molar-refractivity contribution >= 4 is 5.91 Å². The van der Waals surface area contributed by atoms with Crippen LogP contribution in [0.5, 0.6) is 0 Å². The SMILES string of the molecule is Cn1nccc1C(=O)N1CCC[C@H](CCc2ccccc2F)C1. The van der Waals surface area contributed by atoms with E-state index in [-0.39, 0.29) is 11.7 Å². The van der Waals surface area contributed by atoms with E-state index < -0.39 is 0 Å². The molecule has 0 saturated carbocycles. The standard InChI is InChI=1S/C18H22FN3O/c1-21-17(10-11-20-21)18(23)22-12-4-5-14(13-22)8-9-15-6-2-3-7-16(15)19/h2-3,6-7,10-11,14H,4-5,8-9,12-13H2,1H3/t14-/m1/s1. The molecule has 4 nitrogen and oxygen atoms in total. The van der Waals surface area contributed by atoms with Gasteiger partial charge in [-0.05, 0) is 49.3 Å². The Bertz CT molecular complexity index is 682. The van der Waals surface area contributed by atoms with E-state index in [0.717, 1.165) is 44.3 Å². The second kappa shape index (κ2) is 6.94. The second-order valence-corrected chi connectivity index (χ2v) is 6.23. The highest BCUT2D eigenvalue weighted by Crippen LogP contribution is 2.23. The monoisotopic (exact) mass is 315 g/mol. The maximum atomic E-state index is 13.7. The number of carbonyl (C=O) groups is 1. The maximum Gasteiger partial charge on any atom is 0.272 e. The number of piperidine rings is 1. The van der Waals surface area contributed by atoms with Crippen LogP contribution in [-0.2, 0) is 13.5 Å². The predicted molar refractivity (Wildman–Crippen MR) is 86.6 cm³/mol. The third-order valence-electron chi connectivity index (χ3n) is 4.63. The molecule has 1 atom stereocenters. The Morgan fingerprint density at radius 3 is 2.91 bits per heavy atom. The molecule has 0 aliphatic carbocycles. The molecule has 1 amide bonds. The molecule has 1 saturated heterocycles. The van der Waals surface area contributed by atoms with Gasteiger partial charge in [-0.1, -0.05) is 18.2 Å². The number of benzene rings is 1. The van der Waals surface area contributed by atoms with Crippen LogP contribution in [0.15, 0.2) is 36.5 Å². The van der Waals surface area contributed by atoms with Crippen LogP contribution >= 0.6 is 0 Å². The van der Waals surface area contributed by atoms with Crippen molar-refractivity contribution in [2.24, 2.45) is 13.0 Å². The average Bonchev–Trinajstić information content (AvgIpc) is 3.00. The molecule has 0 spiro atoms. The van der Waals surface area contributed by atoms with Gasteiger partial charge < -0.3 is 4.90 Å². The molecule has 2 heterocycles. The fraction of sp³-hybridized carbons (Fsp3) is 0.444. The first-order valence-electron chi connectivity index (χ1n) is 8.16. The van der Waals surface area contributed by atoms with Gasteiger partial charge in [0, 0.05) is 26.3 Å². The summed E-state index contributed by atoms with van der Waals surface area (Å²) in [5.74, 6) is 0.340. The van der Waals surface area contributed by atoms with Gasteiger partial charge >= 0.3 is 0 Å². The van der Waals surface area contributed by atoms with Gasteiger partial charge in [-0.15, -0.1) is 0 Å². The Balaban J connectivity index is 1.59. The summed E-state index contributed by atoms with van der Waals surface area (Å²) in [5.41, 5.74) is 1.39. The summed E-state index contributed by atoms with van der Waals surface area (Å²) in [6, 6.07) is 8.70. The fourth-order valence-corrected chi connectivity index (χ4v) is 3.29. The summed E-state index contributed by atoms with van der Waals surface area (Å²) < 4.78 is 15.3. The highest BCUT2D eigenvalue weighted by atomic mass is 19.1. The van der Waals surface area contributed by atoms with Gasteiger partial charge in [0.1, 0.15) is 11.5 Å². The van der Waals surface area contributed by atoms with Crippen LogP contribution in [0.4, 0.5) is 4.39 Å². The first-order valence-corrected chi connectivity index (χ1v) is 8.16. The molecule has 1 aliphatic heterocycles. The van der Waals surface area contributed by atoms with E-state index in [1.165, 1.54) is 6.07 Å². The first-order chi connectivity index (χ1) is 11.1. The zero-order valence-electron chi connectivity index (χ0n) is 13.4. The van der Waals surface area contributed by atoms with Crippen LogP contribution in [-0.4, -0.2) is 33.7 Å². The fourth-order valence-electron chi connectivity index (χ4n) is 3.29. The summed E-state index contributed by atoms with van der Waals surface area (Å²) in [6.45, 7) is 1.54. The van der Waals surface area contributed by atoms with Crippen LogP contribution in [0.3, 0.4) is 0 Å². The molecule has 122 valence electrons. The number of hydrogen-bond donors (Lipinski definition) is 0. The number of hydrogen-bond acceptors (Lipinski definition) is 2. The number of amides is 1. The molecule has 3 rings (SSSR count). The minimum Gasteiger partial charge on any atom is -0.337 e. The largest absolute Gasteiger partial charge is 0.337 e. The van der Waals surface area contributed by atoms with E-state index in [0.29, 0.717) is 11.6 Å². The summed E-state index contributed by atoms with van der Waals surface area (Å²) in [7, 11) is 1.78. The lowest BCUT2D eigenvalue weighted by atomic mass is 9.91. The summed E-state index contributed by atoms with van der Waals surface area (Å²) >= 11 is 0. The number of carbonyl (C=O) groups excluding carboxylic acids is 1. The Kier molecular flexibility index (Phi) is 4.74. The number of nitrogens with zero attached hydrogens (tertiary/aromatic N) is 3. The zero-order chi connectivity index (χ0) is 16.2. The molecule has 1 aromatic heterocycles. The van der Waals surface area contributed by atoms with E-state index in [9.17, 15) is 9.18 Å². The summed E-state index contributed by atoms with van der Waals surface area (Å²) in [5, 5.41) is 4.06. The highest BCUT2D eigenvalue weighted by molar-refractivity contribution is 5.92. The average molecular weight is 315 g/mol. The lowest BCUT2D eigenvalue weighted by Crippen LogP contribution is -2.40. The summed E-state index contributed by atoms with van der Waals surface area (Å²) in [6.07, 6.45) is 5.39. The topological polar surface area (TPSA) is 38.1 Å². The van der Waals surface area contributed by atoms with Gasteiger partial charge in [0.15, 0.2) is 0 Å². The third-order valence-corrected chi connectivity index (χ3v) is 4.63. The smallest absolute Gasteiger partial charge is 0.272 e. The number of aromatic nitrogens is 2. The molecular formula is C18H22FN3O. The molecule has 1 aliphatic rings. The normalized spacial score (nSPS) is 18.2. The second-order valence-electron chi connectivity index (χ2n) is 6.23. The van der Waals surface area contributed by atoms with Crippen molar-refractivity contribution in [3.63, 3.8) is 0 Å². The third kappa shape index (κ3) is 3.60. The van der Waals surface area contributed by atoms with E-state index in [2.05, 4.69) is 5.10 Å². The molecular weight excluding hydrogens is 293 g/mol. The molecule has 2 aromatic rings. The van der Waals surface area contributed by atoms with E-state index in [4.69, 9.17) is 0 Å². The van der Waals surface area contributed by atoms with Gasteiger partial charge in [-0.25, -0.2) is 4.39 Å². The van der Waals surface area contributed by atoms with E-state index in [1.54, 1.807) is 30.1 Å². The lowest BCUT2D eigenvalue weighted by molar-refractivity contribution is 0.0657. The zero-order valence-corrected chi connectivity index (χ0v) is 13.4. The molecule has 1 aromatic carbocycles. The Hall–Kier alpha value is -2.17. The molecule has 0 radical (unpaired) electrons. The van der Waals surface area contributed by atoms with Crippen LogP contribution < -0.4 is 0 Å². The molecule has 0 bridgehead atoms. The molecule has 0 unspecified atom stereocenters. The van der Waals surface area contributed by atoms with Crippen LogP contribution in [0.2, 0.25) is 0 Å². The van der Waals surface area contributed by atoms with Crippen molar-refractivity contribution in [3.05, 3.63) is 53.6 Å². The summed E-state index contributed by atoms with van der Waals surface area (Å²) in [4.78, 5) is 14.5.